The largest absolute Gasteiger partial charge is 0.310 e. The van der Waals surface area contributed by atoms with Crippen molar-refractivity contribution in [3.05, 3.63) is 311 Å². The van der Waals surface area contributed by atoms with Crippen molar-refractivity contribution in [2.75, 3.05) is 9.80 Å². The molecular formula is C121H130BN9. The molecule has 16 aromatic rings. The Hall–Kier alpha value is -12.4. The van der Waals surface area contributed by atoms with Gasteiger partial charge in [-0.3, -0.25) is 19.9 Å². The van der Waals surface area contributed by atoms with Gasteiger partial charge in [-0.1, -0.05) is 323 Å². The number of benzene rings is 10. The van der Waals surface area contributed by atoms with Crippen molar-refractivity contribution < 1.29 is 0 Å². The second kappa shape index (κ2) is 30.8. The first kappa shape index (κ1) is 89.2. The number of nitrogens with zero attached hydrogens (tertiary/aromatic N) is 9. The highest BCUT2D eigenvalue weighted by Crippen LogP contribution is 2.57. The van der Waals surface area contributed by atoms with Gasteiger partial charge < -0.3 is 18.9 Å². The van der Waals surface area contributed by atoms with Crippen molar-refractivity contribution in [2.45, 2.75) is 262 Å². The van der Waals surface area contributed by atoms with Gasteiger partial charge in [0.2, 0.25) is 0 Å². The van der Waals surface area contributed by atoms with Crippen molar-refractivity contribution in [1.82, 2.24) is 29.1 Å². The van der Waals surface area contributed by atoms with Crippen LogP contribution in [0.1, 0.15) is 264 Å². The van der Waals surface area contributed by atoms with Crippen LogP contribution in [-0.4, -0.2) is 35.8 Å². The quantitative estimate of drug-likeness (QED) is 0.106. The van der Waals surface area contributed by atoms with Crippen molar-refractivity contribution in [3.8, 4) is 67.0 Å². The Morgan fingerprint density at radius 1 is 0.244 bits per heavy atom. The summed E-state index contributed by atoms with van der Waals surface area (Å²) < 4.78 is 5.01. The van der Waals surface area contributed by atoms with E-state index in [4.69, 9.17) is 26.5 Å². The van der Waals surface area contributed by atoms with Gasteiger partial charge in [-0.05, 0) is 205 Å². The predicted molar refractivity (Wildman–Crippen MR) is 561 cm³/mol. The molecule has 6 aromatic heterocycles. The minimum atomic E-state index is -0.401. The number of pyridine rings is 4. The van der Waals surface area contributed by atoms with E-state index in [1.54, 1.807) is 0 Å². The summed E-state index contributed by atoms with van der Waals surface area (Å²) in [6.07, 6.45) is 0. The molecule has 9 nitrogen and oxygen atoms in total. The van der Waals surface area contributed by atoms with Crippen LogP contribution in [0, 0.1) is 6.57 Å². The van der Waals surface area contributed by atoms with Gasteiger partial charge in [-0.2, -0.15) is 0 Å². The average Bonchev–Trinajstić information content (AvgIpc) is 0.918. The highest BCUT2D eigenvalue weighted by molar-refractivity contribution is 7.00. The Bertz CT molecular complexity index is 6980. The lowest BCUT2D eigenvalue weighted by Gasteiger charge is -2.46. The van der Waals surface area contributed by atoms with E-state index in [-0.39, 0.29) is 54.1 Å². The van der Waals surface area contributed by atoms with Crippen LogP contribution < -0.4 is 26.2 Å². The summed E-state index contributed by atoms with van der Waals surface area (Å²) in [5.74, 6) is 0. The molecule has 662 valence electrons. The first-order valence-electron chi connectivity index (χ1n) is 47.2. The van der Waals surface area contributed by atoms with E-state index in [9.17, 15) is 0 Å². The van der Waals surface area contributed by atoms with Gasteiger partial charge >= 0.3 is 0 Å². The summed E-state index contributed by atoms with van der Waals surface area (Å²) in [5.41, 5.74) is 35.4. The molecule has 0 aliphatic carbocycles. The predicted octanol–water partition coefficient (Wildman–Crippen LogP) is 31.4. The summed E-state index contributed by atoms with van der Waals surface area (Å²) in [7, 11) is 0. The van der Waals surface area contributed by atoms with E-state index >= 15 is 0 Å². The zero-order valence-electron chi connectivity index (χ0n) is 83.2. The molecule has 0 N–H and O–H groups in total. The zero-order valence-corrected chi connectivity index (χ0v) is 83.2. The van der Waals surface area contributed by atoms with Gasteiger partial charge in [0.15, 0.2) is 5.69 Å². The van der Waals surface area contributed by atoms with E-state index in [1.165, 1.54) is 27.4 Å². The maximum Gasteiger partial charge on any atom is 0.252 e. The van der Waals surface area contributed by atoms with Gasteiger partial charge in [0.05, 0.1) is 40.0 Å². The smallest absolute Gasteiger partial charge is 0.252 e. The van der Waals surface area contributed by atoms with Gasteiger partial charge in [0.1, 0.15) is 0 Å². The second-order valence-electron chi connectivity index (χ2n) is 47.8. The Balaban J connectivity index is 1.09. The fraction of sp³-hybridized carbons (Fsp3) is 0.331. The average molecular weight is 1720 g/mol. The van der Waals surface area contributed by atoms with Gasteiger partial charge in [0, 0.05) is 161 Å². The Morgan fingerprint density at radius 2 is 0.550 bits per heavy atom. The molecule has 2 aliphatic rings. The monoisotopic (exact) mass is 1720 g/mol. The van der Waals surface area contributed by atoms with Crippen molar-refractivity contribution in [1.29, 1.82) is 0 Å². The minimum Gasteiger partial charge on any atom is -0.310 e. The molecule has 2 aliphatic heterocycles. The van der Waals surface area contributed by atoms with Crippen molar-refractivity contribution in [3.63, 3.8) is 0 Å². The molecular weight excluding hydrogens is 1590 g/mol. The highest BCUT2D eigenvalue weighted by Gasteiger charge is 2.47. The number of aromatic nitrogens is 6. The minimum absolute atomic E-state index is 0.114. The second-order valence-corrected chi connectivity index (χ2v) is 47.8. The molecule has 0 amide bonds. The van der Waals surface area contributed by atoms with Crippen LogP contribution in [0.4, 0.5) is 39.8 Å². The van der Waals surface area contributed by atoms with E-state index in [2.05, 4.69) is 468 Å². The maximum absolute atomic E-state index is 8.40. The topological polar surface area (TPSA) is 72.3 Å². The lowest BCUT2D eigenvalue weighted by Crippen LogP contribution is -2.61. The van der Waals surface area contributed by atoms with E-state index < -0.39 is 6.71 Å². The van der Waals surface area contributed by atoms with Crippen LogP contribution in [-0.2, 0) is 54.1 Å². The summed E-state index contributed by atoms with van der Waals surface area (Å²) in [5, 5.41) is 4.56. The lowest BCUT2D eigenvalue weighted by atomic mass is 9.33. The first-order chi connectivity index (χ1) is 61.2. The van der Waals surface area contributed by atoms with Crippen LogP contribution in [0.3, 0.4) is 0 Å². The number of hydrogen-bond acceptors (Lipinski definition) is 6. The standard InChI is InChI=1S/C121H130BN9/c1-112(2,3)78-47-54-94-88(67-78)89-68-79(113(4,5)6)48-55-95(89)129(94)82-51-53-92-98(71-82)131(111-85(76-63-105(118(19,20)21)126-106(64-76)119(22,23)24)44-38-45-86(111)77-65-107(120(25,26)27)127-108(66-77)121(28,29)30)100-58-73(72-39-33-32-34-40-72)57-99-109(100)122(92)91-52-50-81(128-93-46-36-35-41-87(93)90-69-80(123-31)49-56-96(90)128)70-97(91)130(99)110-83(74-59-101(114(7,8)9)124-102(60-74)115(10,11)12)42-37-43-84(110)75-61-103(116(13,14)15)125-104(62-75)117(16,17)18/h32-71H,1-30H3. The summed E-state index contributed by atoms with van der Waals surface area (Å²) in [6.45, 7) is 77.3. The van der Waals surface area contributed by atoms with Gasteiger partial charge in [-0.15, -0.1) is 0 Å². The number of para-hydroxylation sites is 3. The molecule has 0 unspecified atom stereocenters. The molecule has 0 saturated carbocycles. The van der Waals surface area contributed by atoms with E-state index in [0.717, 1.165) is 190 Å². The number of fused-ring (bicyclic) bond motifs is 10. The summed E-state index contributed by atoms with van der Waals surface area (Å²) >= 11 is 0. The zero-order chi connectivity index (χ0) is 93.8. The molecule has 131 heavy (non-hydrogen) atoms. The molecule has 0 radical (unpaired) electrons. The third-order valence-corrected chi connectivity index (χ3v) is 27.2. The molecule has 8 heterocycles. The Labute approximate surface area is 779 Å². The normalized spacial score (nSPS) is 13.7. The van der Waals surface area contributed by atoms with Gasteiger partial charge in [0.25, 0.3) is 6.71 Å². The Morgan fingerprint density at radius 3 is 0.870 bits per heavy atom. The number of anilines is 6. The summed E-state index contributed by atoms with van der Waals surface area (Å²) in [6, 6.07) is 94.0. The summed E-state index contributed by atoms with van der Waals surface area (Å²) in [4.78, 5) is 32.2. The fourth-order valence-corrected chi connectivity index (χ4v) is 19.4. The SMILES string of the molecule is [C-]#[N+]c1ccc2c(c1)c1ccccc1n2-c1ccc2c(c1)N(c1c(-c3cc(C(C)(C)C)nc(C(C)(C)C)c3)cccc1-c1cc(C(C)(C)C)nc(C(C)(C)C)c1)c1cc(-c3ccccc3)cc3c1B2c1ccc(-n2c4ccc(C(C)(C)C)cc4c4cc(C(C)(C)C)ccc42)cc1N3c1c(-c2cc(C(C)(C)C)nc(C(C)(C)C)c2)cccc1-c1cc(C(C)(C)C)nc(C(C)(C)C)c1. The third kappa shape index (κ3) is 16.0. The van der Waals surface area contributed by atoms with Gasteiger partial charge in [-0.25, -0.2) is 4.85 Å². The third-order valence-electron chi connectivity index (χ3n) is 27.2. The molecule has 0 bridgehead atoms. The molecule has 0 saturated heterocycles. The van der Waals surface area contributed by atoms with E-state index in [1.807, 2.05) is 6.07 Å². The Kier molecular flexibility index (Phi) is 21.0. The van der Waals surface area contributed by atoms with Crippen LogP contribution in [0.25, 0.3) is 115 Å². The lowest BCUT2D eigenvalue weighted by molar-refractivity contribution is 0.531. The highest BCUT2D eigenvalue weighted by atomic mass is 15.2. The molecule has 0 fully saturated rings. The van der Waals surface area contributed by atoms with Crippen LogP contribution in [0.2, 0.25) is 0 Å². The molecule has 10 heteroatoms. The molecule has 10 aromatic carbocycles. The fourth-order valence-electron chi connectivity index (χ4n) is 19.4. The first-order valence-corrected chi connectivity index (χ1v) is 47.2. The molecule has 18 rings (SSSR count). The maximum atomic E-state index is 8.40. The van der Waals surface area contributed by atoms with E-state index in [0.29, 0.717) is 5.69 Å². The number of rotatable bonds is 9. The van der Waals surface area contributed by atoms with Crippen molar-refractivity contribution >= 4 is 107 Å². The van der Waals surface area contributed by atoms with Crippen molar-refractivity contribution in [2.24, 2.45) is 0 Å². The van der Waals surface area contributed by atoms with Crippen LogP contribution >= 0.6 is 0 Å². The molecule has 0 spiro atoms. The molecule has 0 atom stereocenters. The number of hydrogen-bond donors (Lipinski definition) is 0. The van der Waals surface area contributed by atoms with Crippen LogP contribution in [0.5, 0.6) is 0 Å². The van der Waals surface area contributed by atoms with Crippen LogP contribution in [0.15, 0.2) is 243 Å².